The van der Waals surface area contributed by atoms with Gasteiger partial charge in [0.1, 0.15) is 11.5 Å². The Hall–Kier alpha value is -5.10. The van der Waals surface area contributed by atoms with Crippen LogP contribution in [0.25, 0.3) is 23.3 Å². The third-order valence-electron chi connectivity index (χ3n) is 6.41. The Morgan fingerprint density at radius 3 is 1.38 bits per heavy atom. The summed E-state index contributed by atoms with van der Waals surface area (Å²) < 4.78 is 10.7. The Balaban J connectivity index is 1.41. The van der Waals surface area contributed by atoms with Crippen molar-refractivity contribution in [3.63, 3.8) is 0 Å². The molecule has 6 nitrogen and oxygen atoms in total. The van der Waals surface area contributed by atoms with E-state index in [0.29, 0.717) is 11.5 Å². The number of benzene rings is 4. The van der Waals surface area contributed by atoms with Crippen LogP contribution in [0.1, 0.15) is 22.3 Å². The van der Waals surface area contributed by atoms with E-state index in [2.05, 4.69) is 10.6 Å². The lowest BCUT2D eigenvalue weighted by Gasteiger charge is -2.12. The minimum atomic E-state index is -0.225. The van der Waals surface area contributed by atoms with Crippen molar-refractivity contribution in [1.29, 1.82) is 0 Å². The fraction of sp³-hybridized carbons (Fsp3) is 0.118. The quantitative estimate of drug-likeness (QED) is 0.222. The fourth-order valence-corrected chi connectivity index (χ4v) is 4.25. The van der Waals surface area contributed by atoms with E-state index in [-0.39, 0.29) is 11.8 Å². The van der Waals surface area contributed by atoms with Crippen molar-refractivity contribution in [2.75, 3.05) is 24.9 Å². The van der Waals surface area contributed by atoms with Crippen LogP contribution in [0.4, 0.5) is 11.4 Å². The second-order valence-corrected chi connectivity index (χ2v) is 9.19. The fourth-order valence-electron chi connectivity index (χ4n) is 4.25. The smallest absolute Gasteiger partial charge is 0.248 e. The van der Waals surface area contributed by atoms with Crippen LogP contribution in [0, 0.1) is 13.8 Å². The molecule has 0 aliphatic heterocycles. The average molecular weight is 533 g/mol. The van der Waals surface area contributed by atoms with Crippen LogP contribution >= 0.6 is 0 Å². The first-order valence-corrected chi connectivity index (χ1v) is 12.8. The number of hydrogen-bond donors (Lipinski definition) is 2. The lowest BCUT2D eigenvalue weighted by atomic mass is 10.00. The zero-order valence-corrected chi connectivity index (χ0v) is 23.0. The van der Waals surface area contributed by atoms with Gasteiger partial charge in [0.2, 0.25) is 11.8 Å². The van der Waals surface area contributed by atoms with Crippen LogP contribution in [0.15, 0.2) is 97.1 Å². The van der Waals surface area contributed by atoms with Crippen molar-refractivity contribution in [3.05, 3.63) is 119 Å². The molecule has 202 valence electrons. The van der Waals surface area contributed by atoms with Gasteiger partial charge in [-0.2, -0.15) is 0 Å². The van der Waals surface area contributed by atoms with Gasteiger partial charge in [-0.25, -0.2) is 0 Å². The van der Waals surface area contributed by atoms with Crippen LogP contribution in [0.5, 0.6) is 11.5 Å². The molecular formula is C34H32N2O4. The number of nitrogens with one attached hydrogen (secondary N) is 2. The normalized spacial score (nSPS) is 11.0. The number of carbonyl (C=O) groups excluding carboxylic acids is 2. The van der Waals surface area contributed by atoms with Crippen molar-refractivity contribution in [2.24, 2.45) is 0 Å². The molecule has 2 amide bonds. The molecule has 0 saturated carbocycles. The van der Waals surface area contributed by atoms with E-state index in [1.807, 2.05) is 98.8 Å². The number of ether oxygens (including phenoxy) is 2. The van der Waals surface area contributed by atoms with Gasteiger partial charge in [-0.1, -0.05) is 48.5 Å². The largest absolute Gasteiger partial charge is 0.496 e. The summed E-state index contributed by atoms with van der Waals surface area (Å²) in [6.07, 6.45) is 6.45. The van der Waals surface area contributed by atoms with Crippen molar-refractivity contribution in [3.8, 4) is 22.6 Å². The average Bonchev–Trinajstić information content (AvgIpc) is 2.97. The number of hydrogen-bond acceptors (Lipinski definition) is 4. The Morgan fingerprint density at radius 1 is 0.600 bits per heavy atom. The summed E-state index contributed by atoms with van der Waals surface area (Å²) in [6.45, 7) is 3.91. The minimum Gasteiger partial charge on any atom is -0.496 e. The van der Waals surface area contributed by atoms with E-state index in [1.165, 1.54) is 12.2 Å². The van der Waals surface area contributed by atoms with Gasteiger partial charge in [-0.05, 0) is 84.7 Å². The first-order valence-electron chi connectivity index (χ1n) is 12.8. The van der Waals surface area contributed by atoms with Crippen LogP contribution in [-0.2, 0) is 9.59 Å². The molecule has 0 aliphatic carbocycles. The van der Waals surface area contributed by atoms with Gasteiger partial charge in [0.05, 0.1) is 14.2 Å². The Labute approximate surface area is 235 Å². The van der Waals surface area contributed by atoms with E-state index < -0.39 is 0 Å². The maximum Gasteiger partial charge on any atom is 0.248 e. The van der Waals surface area contributed by atoms with Gasteiger partial charge in [-0.15, -0.1) is 0 Å². The number of rotatable bonds is 9. The number of anilines is 2. The number of carbonyl (C=O) groups is 2. The molecule has 40 heavy (non-hydrogen) atoms. The highest BCUT2D eigenvalue weighted by Crippen LogP contribution is 2.28. The van der Waals surface area contributed by atoms with Crippen LogP contribution < -0.4 is 20.1 Å². The summed E-state index contributed by atoms with van der Waals surface area (Å²) in [6, 6.07) is 26.8. The van der Waals surface area contributed by atoms with Gasteiger partial charge in [0.15, 0.2) is 0 Å². The van der Waals surface area contributed by atoms with E-state index in [1.54, 1.807) is 26.4 Å². The molecule has 0 saturated heterocycles. The molecule has 0 radical (unpaired) electrons. The zero-order valence-electron chi connectivity index (χ0n) is 23.0. The molecule has 0 bridgehead atoms. The summed E-state index contributed by atoms with van der Waals surface area (Å²) in [7, 11) is 3.20. The topological polar surface area (TPSA) is 76.7 Å². The number of aryl methyl sites for hydroxylation is 2. The zero-order chi connectivity index (χ0) is 28.5. The molecular weight excluding hydrogens is 500 g/mol. The predicted octanol–water partition coefficient (Wildman–Crippen LogP) is 7.29. The molecule has 4 rings (SSSR count). The first-order chi connectivity index (χ1) is 19.4. The molecule has 0 aliphatic rings. The Morgan fingerprint density at radius 2 is 1.00 bits per heavy atom. The molecule has 0 unspecified atom stereocenters. The number of para-hydroxylation sites is 2. The van der Waals surface area contributed by atoms with Crippen molar-refractivity contribution >= 4 is 35.3 Å². The molecule has 0 atom stereocenters. The molecule has 0 aromatic heterocycles. The highest BCUT2D eigenvalue weighted by atomic mass is 16.5. The minimum absolute atomic E-state index is 0.225. The van der Waals surface area contributed by atoms with Gasteiger partial charge in [0.25, 0.3) is 0 Å². The Bertz CT molecular complexity index is 1470. The second kappa shape index (κ2) is 13.1. The standard InChI is InChI=1S/C34H32N2O4/c1-23-21-27(13-17-29(23)35-33(37)19-15-25-9-5-7-11-31(25)39-3)28-14-18-30(24(2)22-28)36-34(38)20-16-26-10-6-8-12-32(26)40-4/h5-22H,1-4H3,(H,35,37)(H,36,38)/b19-15+,20-16+. The third-order valence-corrected chi connectivity index (χ3v) is 6.41. The summed E-state index contributed by atoms with van der Waals surface area (Å²) in [5.41, 5.74) is 7.03. The summed E-state index contributed by atoms with van der Waals surface area (Å²) >= 11 is 0. The molecule has 2 N–H and O–H groups in total. The maximum atomic E-state index is 12.5. The van der Waals surface area contributed by atoms with E-state index >= 15 is 0 Å². The van der Waals surface area contributed by atoms with Crippen LogP contribution in [0.3, 0.4) is 0 Å². The van der Waals surface area contributed by atoms with E-state index in [9.17, 15) is 9.59 Å². The van der Waals surface area contributed by atoms with Crippen molar-refractivity contribution in [2.45, 2.75) is 13.8 Å². The molecule has 4 aromatic rings. The Kier molecular flexibility index (Phi) is 9.15. The SMILES string of the molecule is COc1ccccc1/C=C/C(=O)Nc1ccc(-c2ccc(NC(=O)/C=C/c3ccccc3OC)c(C)c2)cc1C. The summed E-state index contributed by atoms with van der Waals surface area (Å²) in [4.78, 5) is 25.1. The number of amides is 2. The molecule has 0 fully saturated rings. The van der Waals surface area contributed by atoms with Crippen LogP contribution in [-0.4, -0.2) is 26.0 Å². The van der Waals surface area contributed by atoms with Gasteiger partial charge < -0.3 is 20.1 Å². The van der Waals surface area contributed by atoms with Crippen LogP contribution in [0.2, 0.25) is 0 Å². The third kappa shape index (κ3) is 7.05. The molecule has 4 aromatic carbocycles. The predicted molar refractivity (Wildman–Crippen MR) is 163 cm³/mol. The number of methoxy groups -OCH3 is 2. The van der Waals surface area contributed by atoms with Crippen molar-refractivity contribution in [1.82, 2.24) is 0 Å². The molecule has 6 heteroatoms. The highest BCUT2D eigenvalue weighted by molar-refractivity contribution is 6.03. The summed E-state index contributed by atoms with van der Waals surface area (Å²) in [5, 5.41) is 5.88. The lowest BCUT2D eigenvalue weighted by Crippen LogP contribution is -2.09. The lowest BCUT2D eigenvalue weighted by molar-refractivity contribution is -0.112. The van der Waals surface area contributed by atoms with Gasteiger partial charge in [-0.3, -0.25) is 9.59 Å². The van der Waals surface area contributed by atoms with E-state index in [0.717, 1.165) is 44.8 Å². The molecule has 0 spiro atoms. The molecule has 0 heterocycles. The highest BCUT2D eigenvalue weighted by Gasteiger charge is 2.08. The van der Waals surface area contributed by atoms with E-state index in [4.69, 9.17) is 9.47 Å². The van der Waals surface area contributed by atoms with Gasteiger partial charge in [0, 0.05) is 34.7 Å². The van der Waals surface area contributed by atoms with Crippen molar-refractivity contribution < 1.29 is 19.1 Å². The maximum absolute atomic E-state index is 12.5. The summed E-state index contributed by atoms with van der Waals surface area (Å²) in [5.74, 6) is 0.962. The second-order valence-electron chi connectivity index (χ2n) is 9.19. The van der Waals surface area contributed by atoms with Gasteiger partial charge >= 0.3 is 0 Å². The monoisotopic (exact) mass is 532 g/mol. The first kappa shape index (κ1) is 27.9.